The summed E-state index contributed by atoms with van der Waals surface area (Å²) in [4.78, 5) is 17.1. The van der Waals surface area contributed by atoms with Gasteiger partial charge in [0, 0.05) is 32.2 Å². The van der Waals surface area contributed by atoms with E-state index >= 15 is 0 Å². The lowest BCUT2D eigenvalue weighted by Gasteiger charge is -2.44. The van der Waals surface area contributed by atoms with Crippen LogP contribution >= 0.6 is 0 Å². The summed E-state index contributed by atoms with van der Waals surface area (Å²) in [5.74, 6) is 0.0850. The van der Waals surface area contributed by atoms with Gasteiger partial charge in [0.1, 0.15) is 0 Å². The fourth-order valence-electron chi connectivity index (χ4n) is 5.69. The number of hydrogen-bond donors (Lipinski definition) is 1. The zero-order valence-electron chi connectivity index (χ0n) is 20.7. The molecule has 4 atom stereocenters. The minimum atomic E-state index is -4.38. The first-order valence-electron chi connectivity index (χ1n) is 12.9. The predicted molar refractivity (Wildman–Crippen MR) is 131 cm³/mol. The van der Waals surface area contributed by atoms with Gasteiger partial charge in [0.2, 0.25) is 5.91 Å². The molecule has 1 N–H and O–H groups in total. The third kappa shape index (κ3) is 6.34. The average Bonchev–Trinajstić information content (AvgIpc) is 2.87. The van der Waals surface area contributed by atoms with E-state index < -0.39 is 17.8 Å². The third-order valence-electron chi connectivity index (χ3n) is 7.64. The van der Waals surface area contributed by atoms with Crippen molar-refractivity contribution in [2.75, 3.05) is 26.3 Å². The fourth-order valence-corrected chi connectivity index (χ4v) is 5.69. The summed E-state index contributed by atoms with van der Waals surface area (Å²) in [5.41, 5.74) is 2.55. The monoisotopic (exact) mass is 518 g/mol. The Morgan fingerprint density at radius 1 is 1.03 bits per heavy atom. The Labute approximate surface area is 215 Å². The topological polar surface area (TPSA) is 62.2 Å². The number of fused-ring (bicyclic) bond motifs is 2. The number of carbonyl (C=O) groups is 1. The molecule has 0 bridgehead atoms. The maximum Gasteiger partial charge on any atom is 0.416 e. The number of rotatable bonds is 4. The number of amides is 1. The summed E-state index contributed by atoms with van der Waals surface area (Å²) >= 11 is 0. The van der Waals surface area contributed by atoms with Crippen LogP contribution in [0.25, 0.3) is 0 Å². The minimum Gasteiger partial charge on any atom is -0.389 e. The van der Waals surface area contributed by atoms with E-state index in [0.29, 0.717) is 45.6 Å². The maximum absolute atomic E-state index is 13.1. The van der Waals surface area contributed by atoms with Crippen LogP contribution in [0.3, 0.4) is 0 Å². The molecule has 2 aromatic rings. The Hall–Kier alpha value is -2.46. The van der Waals surface area contributed by atoms with Crippen LogP contribution in [0.15, 0.2) is 48.5 Å². The Morgan fingerprint density at radius 2 is 1.78 bits per heavy atom. The van der Waals surface area contributed by atoms with E-state index in [0.717, 1.165) is 30.5 Å². The number of hydrogen-bond acceptors (Lipinski definition) is 5. The van der Waals surface area contributed by atoms with Gasteiger partial charge >= 0.3 is 6.18 Å². The first-order chi connectivity index (χ1) is 17.8. The standard InChI is InChI=1S/C28H33F3N2O4/c29-28(30,31)22-7-5-19(6-8-22)14-33-16-23(34)17-36-18-26-25(33)10-9-24(37-26)13-27(35)32-12-11-20-3-1-2-4-21(20)15-32/h1-8,23-26,34H,9-18H2/t23-,24+,25+,26-/m1/s1. The molecule has 3 heterocycles. The van der Waals surface area contributed by atoms with Crippen molar-refractivity contribution in [3.63, 3.8) is 0 Å². The third-order valence-corrected chi connectivity index (χ3v) is 7.64. The molecule has 6 nitrogen and oxygen atoms in total. The number of alkyl halides is 3. The van der Waals surface area contributed by atoms with Crippen LogP contribution in [0.1, 0.15) is 41.5 Å². The first-order valence-corrected chi connectivity index (χ1v) is 12.9. The lowest BCUT2D eigenvalue weighted by Crippen LogP contribution is -2.55. The van der Waals surface area contributed by atoms with E-state index in [4.69, 9.17) is 9.47 Å². The molecule has 1 amide bonds. The molecule has 3 aliphatic rings. The van der Waals surface area contributed by atoms with Crippen LogP contribution in [0.2, 0.25) is 0 Å². The highest BCUT2D eigenvalue weighted by Crippen LogP contribution is 2.32. The number of aliphatic hydroxyl groups is 1. The van der Waals surface area contributed by atoms with Gasteiger partial charge in [-0.25, -0.2) is 0 Å². The molecule has 0 aromatic heterocycles. The van der Waals surface area contributed by atoms with Gasteiger partial charge in [-0.15, -0.1) is 0 Å². The van der Waals surface area contributed by atoms with Crippen molar-refractivity contribution < 1.29 is 32.5 Å². The Kier molecular flexibility index (Phi) is 7.85. The molecule has 2 aromatic carbocycles. The van der Waals surface area contributed by atoms with Crippen molar-refractivity contribution in [3.8, 4) is 0 Å². The second-order valence-electron chi connectivity index (χ2n) is 10.3. The average molecular weight is 519 g/mol. The van der Waals surface area contributed by atoms with Gasteiger partial charge in [0.05, 0.1) is 43.5 Å². The van der Waals surface area contributed by atoms with Gasteiger partial charge in [0.15, 0.2) is 0 Å². The van der Waals surface area contributed by atoms with E-state index in [1.165, 1.54) is 23.3 Å². The van der Waals surface area contributed by atoms with E-state index in [2.05, 4.69) is 17.0 Å². The van der Waals surface area contributed by atoms with Crippen LogP contribution in [-0.4, -0.2) is 71.5 Å². The number of halogens is 3. The molecular weight excluding hydrogens is 485 g/mol. The number of benzene rings is 2. The molecular formula is C28H33F3N2O4. The van der Waals surface area contributed by atoms with E-state index in [9.17, 15) is 23.1 Å². The predicted octanol–water partition coefficient (Wildman–Crippen LogP) is 3.79. The molecule has 5 rings (SSSR count). The Balaban J connectivity index is 1.22. The summed E-state index contributed by atoms with van der Waals surface area (Å²) in [5, 5.41) is 10.4. The van der Waals surface area contributed by atoms with Crippen molar-refractivity contribution in [2.24, 2.45) is 0 Å². The molecule has 0 aliphatic carbocycles. The van der Waals surface area contributed by atoms with Gasteiger partial charge in [0.25, 0.3) is 0 Å². The van der Waals surface area contributed by atoms with Gasteiger partial charge in [-0.2, -0.15) is 13.2 Å². The molecule has 2 fully saturated rings. The number of nitrogens with zero attached hydrogens (tertiary/aromatic N) is 2. The molecule has 0 spiro atoms. The zero-order chi connectivity index (χ0) is 26.0. The largest absolute Gasteiger partial charge is 0.416 e. The van der Waals surface area contributed by atoms with Crippen molar-refractivity contribution in [1.82, 2.24) is 9.80 Å². The number of β-amino-alcohol motifs (C(OH)–C–C–N with tert-alkyl or cyclic N) is 1. The molecule has 9 heteroatoms. The van der Waals surface area contributed by atoms with Gasteiger partial charge in [-0.05, 0) is 48.1 Å². The highest BCUT2D eigenvalue weighted by atomic mass is 19.4. The van der Waals surface area contributed by atoms with Gasteiger partial charge in [-0.3, -0.25) is 9.69 Å². The quantitative estimate of drug-likeness (QED) is 0.668. The van der Waals surface area contributed by atoms with Crippen LogP contribution in [0.5, 0.6) is 0 Å². The van der Waals surface area contributed by atoms with Crippen LogP contribution in [-0.2, 0) is 40.0 Å². The number of ether oxygens (including phenoxy) is 2. The Morgan fingerprint density at radius 3 is 2.54 bits per heavy atom. The van der Waals surface area contributed by atoms with E-state index in [1.54, 1.807) is 0 Å². The molecule has 2 saturated heterocycles. The molecule has 200 valence electrons. The zero-order valence-corrected chi connectivity index (χ0v) is 20.7. The fraction of sp³-hybridized carbons (Fsp3) is 0.536. The minimum absolute atomic E-state index is 0.0644. The van der Waals surface area contributed by atoms with Crippen LogP contribution in [0, 0.1) is 0 Å². The normalized spacial score (nSPS) is 27.1. The second kappa shape index (κ2) is 11.1. The van der Waals surface area contributed by atoms with E-state index in [1.807, 2.05) is 17.0 Å². The van der Waals surface area contributed by atoms with Crippen molar-refractivity contribution in [1.29, 1.82) is 0 Å². The number of carbonyl (C=O) groups excluding carboxylic acids is 1. The summed E-state index contributed by atoms with van der Waals surface area (Å²) in [6.45, 7) is 2.52. The second-order valence-corrected chi connectivity index (χ2v) is 10.3. The van der Waals surface area contributed by atoms with Crippen LogP contribution < -0.4 is 0 Å². The van der Waals surface area contributed by atoms with Crippen LogP contribution in [0.4, 0.5) is 13.2 Å². The summed E-state index contributed by atoms with van der Waals surface area (Å²) in [6, 6.07) is 13.3. The summed E-state index contributed by atoms with van der Waals surface area (Å²) in [7, 11) is 0. The SMILES string of the molecule is O=C(C[C@@H]1CC[C@H]2[C@@H](COC[C@H](O)CN2Cc2ccc(C(F)(F)F)cc2)O1)N1CCc2ccccc2C1. The lowest BCUT2D eigenvalue weighted by molar-refractivity contribution is -0.161. The molecule has 3 aliphatic heterocycles. The highest BCUT2D eigenvalue weighted by molar-refractivity contribution is 5.77. The molecule has 0 radical (unpaired) electrons. The van der Waals surface area contributed by atoms with Crippen molar-refractivity contribution in [3.05, 3.63) is 70.8 Å². The van der Waals surface area contributed by atoms with Crippen molar-refractivity contribution in [2.45, 2.75) is 69.3 Å². The Bertz CT molecular complexity index is 1080. The first kappa shape index (κ1) is 26.2. The molecule has 0 saturated carbocycles. The number of aliphatic hydroxyl groups excluding tert-OH is 1. The van der Waals surface area contributed by atoms with E-state index in [-0.39, 0.29) is 30.8 Å². The lowest BCUT2D eigenvalue weighted by atomic mass is 9.93. The molecule has 37 heavy (non-hydrogen) atoms. The molecule has 0 unspecified atom stereocenters. The highest BCUT2D eigenvalue weighted by Gasteiger charge is 2.39. The summed E-state index contributed by atoms with van der Waals surface area (Å²) in [6.07, 6.45) is -2.96. The summed E-state index contributed by atoms with van der Waals surface area (Å²) < 4.78 is 51.0. The van der Waals surface area contributed by atoms with Crippen molar-refractivity contribution >= 4 is 5.91 Å². The maximum atomic E-state index is 13.1. The van der Waals surface area contributed by atoms with Gasteiger partial charge in [-0.1, -0.05) is 36.4 Å². The smallest absolute Gasteiger partial charge is 0.389 e. The van der Waals surface area contributed by atoms with Gasteiger partial charge < -0.3 is 19.5 Å².